The van der Waals surface area contributed by atoms with E-state index in [2.05, 4.69) is 25.7 Å². The highest BCUT2D eigenvalue weighted by Gasteiger charge is 2.28. The number of carbonyl (C=O) groups is 1. The first kappa shape index (κ1) is 23.0. The molecule has 13 heteroatoms. The molecular formula is C20H17ClN6O4S2. The third-order valence-corrected chi connectivity index (χ3v) is 7.80. The number of aromatic nitrogens is 4. The molecule has 1 amide bonds. The number of hydrogen-bond donors (Lipinski definition) is 1. The highest BCUT2D eigenvalue weighted by molar-refractivity contribution is 7.91. The molecule has 0 bridgehead atoms. The summed E-state index contributed by atoms with van der Waals surface area (Å²) in [5.74, 6) is -0.0436. The van der Waals surface area contributed by atoms with Crippen LogP contribution in [-0.2, 0) is 16.6 Å². The lowest BCUT2D eigenvalue weighted by atomic mass is 10.1. The largest absolute Gasteiger partial charge is 0.338 e. The van der Waals surface area contributed by atoms with Gasteiger partial charge in [0.1, 0.15) is 0 Å². The van der Waals surface area contributed by atoms with Crippen LogP contribution in [0.25, 0.3) is 11.4 Å². The van der Waals surface area contributed by atoms with Gasteiger partial charge in [-0.05, 0) is 25.1 Å². The van der Waals surface area contributed by atoms with Crippen molar-refractivity contribution >= 4 is 44.0 Å². The maximum atomic E-state index is 12.9. The van der Waals surface area contributed by atoms with E-state index in [-0.39, 0.29) is 32.5 Å². The van der Waals surface area contributed by atoms with Crippen LogP contribution in [0.2, 0.25) is 5.02 Å². The first-order valence-corrected chi connectivity index (χ1v) is 12.1. The first-order chi connectivity index (χ1) is 15.7. The Bertz CT molecular complexity index is 1420. The zero-order chi connectivity index (χ0) is 23.6. The summed E-state index contributed by atoms with van der Waals surface area (Å²) in [6.45, 7) is 1.78. The Kier molecular flexibility index (Phi) is 6.51. The van der Waals surface area contributed by atoms with Gasteiger partial charge in [-0.25, -0.2) is 8.42 Å². The van der Waals surface area contributed by atoms with Gasteiger partial charge in [-0.1, -0.05) is 64.0 Å². The Morgan fingerprint density at radius 1 is 1.18 bits per heavy atom. The maximum Gasteiger partial charge on any atom is 0.272 e. The summed E-state index contributed by atoms with van der Waals surface area (Å²) >= 11 is 6.73. The van der Waals surface area contributed by atoms with Crippen molar-refractivity contribution in [1.82, 2.24) is 24.6 Å². The lowest BCUT2D eigenvalue weighted by Crippen LogP contribution is -2.26. The fourth-order valence-corrected chi connectivity index (χ4v) is 5.23. The Morgan fingerprint density at radius 2 is 1.97 bits per heavy atom. The average Bonchev–Trinajstić information content (AvgIpc) is 3.44. The van der Waals surface area contributed by atoms with Crippen molar-refractivity contribution in [3.63, 3.8) is 0 Å². The van der Waals surface area contributed by atoms with Gasteiger partial charge < -0.3 is 4.52 Å². The SMILES string of the molecule is Cc1cccc(-c2noc(CN(C)S(=O)(=O)c3nnc(NC(=O)c4ccccc4Cl)s3)n2)c1. The molecule has 33 heavy (non-hydrogen) atoms. The summed E-state index contributed by atoms with van der Waals surface area (Å²) in [4.78, 5) is 16.6. The van der Waals surface area contributed by atoms with Gasteiger partial charge in [0.05, 0.1) is 17.1 Å². The van der Waals surface area contributed by atoms with Crippen LogP contribution in [0.5, 0.6) is 0 Å². The van der Waals surface area contributed by atoms with E-state index in [9.17, 15) is 13.2 Å². The van der Waals surface area contributed by atoms with Gasteiger partial charge in [-0.3, -0.25) is 10.1 Å². The quantitative estimate of drug-likeness (QED) is 0.377. The molecular weight excluding hydrogens is 488 g/mol. The smallest absolute Gasteiger partial charge is 0.272 e. The minimum Gasteiger partial charge on any atom is -0.338 e. The van der Waals surface area contributed by atoms with Gasteiger partial charge in [0, 0.05) is 12.6 Å². The van der Waals surface area contributed by atoms with Crippen LogP contribution in [0.1, 0.15) is 21.8 Å². The highest BCUT2D eigenvalue weighted by atomic mass is 35.5. The minimum absolute atomic E-state index is 0.0198. The molecule has 0 spiro atoms. The van der Waals surface area contributed by atoms with E-state index >= 15 is 0 Å². The van der Waals surface area contributed by atoms with Gasteiger partial charge in [0.2, 0.25) is 21.2 Å². The number of nitrogens with zero attached hydrogens (tertiary/aromatic N) is 5. The van der Waals surface area contributed by atoms with Gasteiger partial charge in [-0.15, -0.1) is 10.2 Å². The third-order valence-electron chi connectivity index (χ3n) is 4.48. The summed E-state index contributed by atoms with van der Waals surface area (Å²) in [7, 11) is -2.66. The third kappa shape index (κ3) is 5.09. The molecule has 2 heterocycles. The molecule has 0 aliphatic heterocycles. The molecule has 1 N–H and O–H groups in total. The molecule has 0 saturated carbocycles. The van der Waals surface area contributed by atoms with Gasteiger partial charge in [0.25, 0.3) is 15.9 Å². The Morgan fingerprint density at radius 3 is 2.73 bits per heavy atom. The Balaban J connectivity index is 1.46. The number of amides is 1. The molecule has 0 atom stereocenters. The Hall–Kier alpha value is -3.19. The van der Waals surface area contributed by atoms with Crippen molar-refractivity contribution in [3.05, 3.63) is 70.6 Å². The molecule has 2 aromatic carbocycles. The molecule has 4 rings (SSSR count). The molecule has 0 fully saturated rings. The van der Waals surface area contributed by atoms with E-state index in [0.717, 1.165) is 26.8 Å². The van der Waals surface area contributed by atoms with Crippen LogP contribution in [0.15, 0.2) is 57.4 Å². The van der Waals surface area contributed by atoms with Crippen molar-refractivity contribution in [1.29, 1.82) is 0 Å². The summed E-state index contributed by atoms with van der Waals surface area (Å²) < 4.78 is 31.7. The van der Waals surface area contributed by atoms with Gasteiger partial charge >= 0.3 is 0 Å². The highest BCUT2D eigenvalue weighted by Crippen LogP contribution is 2.25. The molecule has 0 aliphatic rings. The number of halogens is 1. The molecule has 2 aromatic heterocycles. The van der Waals surface area contributed by atoms with Gasteiger partial charge in [-0.2, -0.15) is 9.29 Å². The standard InChI is InChI=1S/C20H17ClN6O4S2/c1-12-6-5-7-13(10-12)17-22-16(31-26-17)11-27(2)33(29,30)20-25-24-19(32-20)23-18(28)14-8-3-4-9-15(14)21/h3-10H,11H2,1-2H3,(H,23,24,28). The molecule has 4 aromatic rings. The van der Waals surface area contributed by atoms with Crippen LogP contribution in [-0.4, -0.2) is 46.0 Å². The summed E-state index contributed by atoms with van der Waals surface area (Å²) in [5, 5.41) is 14.2. The second-order valence-electron chi connectivity index (χ2n) is 6.95. The zero-order valence-electron chi connectivity index (χ0n) is 17.4. The molecule has 0 saturated heterocycles. The van der Waals surface area contributed by atoms with E-state index in [4.69, 9.17) is 16.1 Å². The predicted octanol–water partition coefficient (Wildman–Crippen LogP) is 3.62. The van der Waals surface area contributed by atoms with E-state index in [1.165, 1.54) is 7.05 Å². The number of rotatable bonds is 7. The van der Waals surface area contributed by atoms with Gasteiger partial charge in [0.15, 0.2) is 0 Å². The predicted molar refractivity (Wildman–Crippen MR) is 122 cm³/mol. The number of aryl methyl sites for hydroxylation is 1. The number of benzene rings is 2. The lowest BCUT2D eigenvalue weighted by Gasteiger charge is -2.11. The number of anilines is 1. The number of hydrogen-bond acceptors (Lipinski definition) is 9. The maximum absolute atomic E-state index is 12.9. The van der Waals surface area contributed by atoms with Crippen molar-refractivity contribution < 1.29 is 17.7 Å². The number of carbonyl (C=O) groups excluding carboxylic acids is 1. The normalized spacial score (nSPS) is 11.6. The minimum atomic E-state index is -4.01. The van der Waals surface area contributed by atoms with Crippen LogP contribution in [0.3, 0.4) is 0 Å². The van der Waals surface area contributed by atoms with Crippen LogP contribution in [0, 0.1) is 6.92 Å². The van der Waals surface area contributed by atoms with Crippen LogP contribution in [0.4, 0.5) is 5.13 Å². The average molecular weight is 505 g/mol. The summed E-state index contributed by atoms with van der Waals surface area (Å²) in [6, 6.07) is 14.0. The molecule has 0 aliphatic carbocycles. The first-order valence-electron chi connectivity index (χ1n) is 9.49. The number of sulfonamides is 1. The zero-order valence-corrected chi connectivity index (χ0v) is 19.8. The molecule has 0 unspecified atom stereocenters. The van der Waals surface area contributed by atoms with Crippen molar-refractivity contribution in [2.24, 2.45) is 0 Å². The summed E-state index contributed by atoms with van der Waals surface area (Å²) in [6.07, 6.45) is 0. The fourth-order valence-electron chi connectivity index (χ4n) is 2.80. The van der Waals surface area contributed by atoms with E-state index in [1.807, 2.05) is 31.2 Å². The fraction of sp³-hybridized carbons (Fsp3) is 0.150. The van der Waals surface area contributed by atoms with Crippen LogP contribution < -0.4 is 5.32 Å². The van der Waals surface area contributed by atoms with Crippen molar-refractivity contribution in [2.75, 3.05) is 12.4 Å². The van der Waals surface area contributed by atoms with E-state index in [1.54, 1.807) is 24.3 Å². The topological polar surface area (TPSA) is 131 Å². The lowest BCUT2D eigenvalue weighted by molar-refractivity contribution is 0.102. The van der Waals surface area contributed by atoms with E-state index < -0.39 is 15.9 Å². The number of nitrogens with one attached hydrogen (secondary N) is 1. The molecule has 10 nitrogen and oxygen atoms in total. The van der Waals surface area contributed by atoms with Crippen molar-refractivity contribution in [3.8, 4) is 11.4 Å². The van der Waals surface area contributed by atoms with Crippen molar-refractivity contribution in [2.45, 2.75) is 17.8 Å². The molecule has 0 radical (unpaired) electrons. The summed E-state index contributed by atoms with van der Waals surface area (Å²) in [5.41, 5.74) is 2.03. The Labute approximate surface area is 198 Å². The second kappa shape index (κ2) is 9.35. The second-order valence-corrected chi connectivity index (χ2v) is 10.6. The molecule has 170 valence electrons. The monoisotopic (exact) mass is 504 g/mol. The van der Waals surface area contributed by atoms with E-state index in [0.29, 0.717) is 5.82 Å². The van der Waals surface area contributed by atoms with Crippen LogP contribution >= 0.6 is 22.9 Å².